The molecule has 0 aliphatic rings. The summed E-state index contributed by atoms with van der Waals surface area (Å²) in [4.78, 5) is 5.63. The number of fused-ring (bicyclic) bond motifs is 2. The Balaban J connectivity index is 2.01. The number of furan rings is 1. The Hall–Kier alpha value is -2.07. The van der Waals surface area contributed by atoms with Crippen LogP contribution in [0, 0.1) is 0 Å². The molecule has 3 aromatic heterocycles. The van der Waals surface area contributed by atoms with Crippen molar-refractivity contribution in [3.05, 3.63) is 47.6 Å². The van der Waals surface area contributed by atoms with Gasteiger partial charge >= 0.3 is 0 Å². The third kappa shape index (κ3) is 1.53. The van der Waals surface area contributed by atoms with Gasteiger partial charge in [-0.05, 0) is 12.5 Å². The van der Waals surface area contributed by atoms with Crippen molar-refractivity contribution < 1.29 is 4.42 Å². The number of benzene rings is 1. The number of thiazole rings is 1. The van der Waals surface area contributed by atoms with Crippen LogP contribution in [-0.4, -0.2) is 9.38 Å². The lowest BCUT2D eigenvalue weighted by Crippen LogP contribution is -1.82. The lowest BCUT2D eigenvalue weighted by atomic mass is 10.1. The van der Waals surface area contributed by atoms with Crippen LogP contribution >= 0.6 is 11.3 Å². The minimum atomic E-state index is 0.902. The molecule has 1 aromatic carbocycles. The van der Waals surface area contributed by atoms with Crippen molar-refractivity contribution in [1.29, 1.82) is 0 Å². The molecular formula is C15H12N2OS. The predicted molar refractivity (Wildman–Crippen MR) is 77.7 cm³/mol. The van der Waals surface area contributed by atoms with Gasteiger partial charge in [0.15, 0.2) is 10.7 Å². The first-order valence-electron chi connectivity index (χ1n) is 6.30. The zero-order valence-corrected chi connectivity index (χ0v) is 11.3. The van der Waals surface area contributed by atoms with Gasteiger partial charge in [0.1, 0.15) is 11.3 Å². The first-order chi connectivity index (χ1) is 9.36. The summed E-state index contributed by atoms with van der Waals surface area (Å²) >= 11 is 1.63. The highest BCUT2D eigenvalue weighted by Gasteiger charge is 2.16. The van der Waals surface area contributed by atoms with Crippen LogP contribution in [0.5, 0.6) is 0 Å². The maximum absolute atomic E-state index is 6.00. The van der Waals surface area contributed by atoms with Crippen molar-refractivity contribution >= 4 is 27.3 Å². The first-order valence-corrected chi connectivity index (χ1v) is 7.17. The topological polar surface area (TPSA) is 30.4 Å². The SMILES string of the molecule is CCc1c(-c2cn3ccsc3n2)oc2ccccc12. The molecule has 0 N–H and O–H groups in total. The number of imidazole rings is 1. The summed E-state index contributed by atoms with van der Waals surface area (Å²) in [6.45, 7) is 2.15. The molecule has 0 saturated heterocycles. The smallest absolute Gasteiger partial charge is 0.194 e. The van der Waals surface area contributed by atoms with Gasteiger partial charge in [-0.25, -0.2) is 4.98 Å². The number of hydrogen-bond donors (Lipinski definition) is 0. The van der Waals surface area contributed by atoms with E-state index in [1.807, 2.05) is 40.4 Å². The van der Waals surface area contributed by atoms with Crippen LogP contribution in [0.25, 0.3) is 27.4 Å². The molecule has 0 fully saturated rings. The Morgan fingerprint density at radius 1 is 1.32 bits per heavy atom. The Morgan fingerprint density at radius 2 is 2.21 bits per heavy atom. The highest BCUT2D eigenvalue weighted by molar-refractivity contribution is 7.15. The molecule has 0 bridgehead atoms. The van der Waals surface area contributed by atoms with E-state index in [2.05, 4.69) is 18.0 Å². The monoisotopic (exact) mass is 268 g/mol. The second-order valence-electron chi connectivity index (χ2n) is 4.48. The summed E-state index contributed by atoms with van der Waals surface area (Å²) in [5.41, 5.74) is 3.09. The molecule has 4 heteroatoms. The second kappa shape index (κ2) is 3.96. The first kappa shape index (κ1) is 10.8. The normalized spacial score (nSPS) is 11.6. The van der Waals surface area contributed by atoms with Gasteiger partial charge in [-0.15, -0.1) is 11.3 Å². The van der Waals surface area contributed by atoms with E-state index in [4.69, 9.17) is 4.42 Å². The maximum atomic E-state index is 6.00. The van der Waals surface area contributed by atoms with Crippen LogP contribution < -0.4 is 0 Å². The van der Waals surface area contributed by atoms with Crippen molar-refractivity contribution in [3.8, 4) is 11.5 Å². The van der Waals surface area contributed by atoms with Crippen molar-refractivity contribution in [2.45, 2.75) is 13.3 Å². The highest BCUT2D eigenvalue weighted by atomic mass is 32.1. The zero-order chi connectivity index (χ0) is 12.8. The highest BCUT2D eigenvalue weighted by Crippen LogP contribution is 2.33. The van der Waals surface area contributed by atoms with E-state index in [0.29, 0.717) is 0 Å². The Morgan fingerprint density at radius 3 is 3.05 bits per heavy atom. The Labute approximate surface area is 114 Å². The van der Waals surface area contributed by atoms with E-state index in [1.54, 1.807) is 11.3 Å². The number of nitrogens with zero attached hydrogens (tertiary/aromatic N) is 2. The van der Waals surface area contributed by atoms with E-state index in [-0.39, 0.29) is 0 Å². The molecule has 4 aromatic rings. The molecule has 0 aliphatic carbocycles. The van der Waals surface area contributed by atoms with Gasteiger partial charge in [-0.3, -0.25) is 4.40 Å². The minimum Gasteiger partial charge on any atom is -0.454 e. The molecule has 0 unspecified atom stereocenters. The Kier molecular flexibility index (Phi) is 2.26. The average molecular weight is 268 g/mol. The summed E-state index contributed by atoms with van der Waals surface area (Å²) in [7, 11) is 0. The lowest BCUT2D eigenvalue weighted by Gasteiger charge is -1.95. The molecule has 0 aliphatic heterocycles. The molecule has 0 radical (unpaired) electrons. The summed E-state index contributed by atoms with van der Waals surface area (Å²) in [6, 6.07) is 8.17. The van der Waals surface area contributed by atoms with Gasteiger partial charge in [0.25, 0.3) is 0 Å². The molecule has 94 valence electrons. The van der Waals surface area contributed by atoms with Gasteiger partial charge in [-0.1, -0.05) is 25.1 Å². The van der Waals surface area contributed by atoms with Crippen LogP contribution in [-0.2, 0) is 6.42 Å². The Bertz CT molecular complexity index is 840. The molecule has 3 nitrogen and oxygen atoms in total. The zero-order valence-electron chi connectivity index (χ0n) is 10.5. The molecule has 0 spiro atoms. The van der Waals surface area contributed by atoms with Gasteiger partial charge < -0.3 is 4.42 Å². The third-order valence-corrected chi connectivity index (χ3v) is 4.15. The van der Waals surface area contributed by atoms with Gasteiger partial charge in [0, 0.05) is 28.7 Å². The summed E-state index contributed by atoms with van der Waals surface area (Å²) in [5, 5.41) is 3.22. The fourth-order valence-corrected chi connectivity index (χ4v) is 3.19. The second-order valence-corrected chi connectivity index (χ2v) is 5.35. The van der Waals surface area contributed by atoms with E-state index < -0.39 is 0 Å². The quantitative estimate of drug-likeness (QED) is 0.540. The maximum Gasteiger partial charge on any atom is 0.194 e. The van der Waals surface area contributed by atoms with Crippen LogP contribution in [0.2, 0.25) is 0 Å². The molecular weight excluding hydrogens is 256 g/mol. The predicted octanol–water partition coefficient (Wildman–Crippen LogP) is 4.37. The van der Waals surface area contributed by atoms with Crippen LogP contribution in [0.3, 0.4) is 0 Å². The molecule has 0 amide bonds. The van der Waals surface area contributed by atoms with E-state index >= 15 is 0 Å². The fraction of sp³-hybridized carbons (Fsp3) is 0.133. The van der Waals surface area contributed by atoms with Crippen LogP contribution in [0.15, 0.2) is 46.5 Å². The molecule has 4 rings (SSSR count). The fourth-order valence-electron chi connectivity index (χ4n) is 2.49. The van der Waals surface area contributed by atoms with Gasteiger partial charge in [-0.2, -0.15) is 0 Å². The minimum absolute atomic E-state index is 0.902. The van der Waals surface area contributed by atoms with E-state index in [1.165, 1.54) is 10.9 Å². The van der Waals surface area contributed by atoms with Gasteiger partial charge in [0.2, 0.25) is 0 Å². The third-order valence-electron chi connectivity index (χ3n) is 3.38. The van der Waals surface area contributed by atoms with Crippen molar-refractivity contribution in [1.82, 2.24) is 9.38 Å². The van der Waals surface area contributed by atoms with Gasteiger partial charge in [0.05, 0.1) is 0 Å². The van der Waals surface area contributed by atoms with E-state index in [9.17, 15) is 0 Å². The molecule has 3 heterocycles. The molecule has 0 saturated carbocycles. The number of aryl methyl sites for hydroxylation is 1. The largest absolute Gasteiger partial charge is 0.454 e. The van der Waals surface area contributed by atoms with E-state index in [0.717, 1.165) is 28.4 Å². The number of hydrogen-bond acceptors (Lipinski definition) is 3. The lowest BCUT2D eigenvalue weighted by molar-refractivity contribution is 0.625. The standard InChI is InChI=1S/C15H12N2OS/c1-2-10-11-5-3-4-6-13(11)18-14(10)12-9-17-7-8-19-15(17)16-12/h3-9H,2H2,1H3. The van der Waals surface area contributed by atoms with Crippen LogP contribution in [0.4, 0.5) is 0 Å². The van der Waals surface area contributed by atoms with Crippen molar-refractivity contribution in [2.75, 3.05) is 0 Å². The van der Waals surface area contributed by atoms with Crippen molar-refractivity contribution in [3.63, 3.8) is 0 Å². The summed E-state index contributed by atoms with van der Waals surface area (Å²) in [5.74, 6) is 0.902. The number of aromatic nitrogens is 2. The number of rotatable bonds is 2. The molecule has 19 heavy (non-hydrogen) atoms. The average Bonchev–Trinajstić information content (AvgIpc) is 3.09. The number of para-hydroxylation sites is 1. The molecule has 0 atom stereocenters. The summed E-state index contributed by atoms with van der Waals surface area (Å²) < 4.78 is 8.04. The van der Waals surface area contributed by atoms with Crippen molar-refractivity contribution in [2.24, 2.45) is 0 Å². The summed E-state index contributed by atoms with van der Waals surface area (Å²) in [6.07, 6.45) is 4.99. The van der Waals surface area contributed by atoms with Crippen LogP contribution in [0.1, 0.15) is 12.5 Å².